The van der Waals surface area contributed by atoms with Gasteiger partial charge in [0, 0.05) is 19.6 Å². The predicted octanol–water partition coefficient (Wildman–Crippen LogP) is 1.16. The minimum Gasteiger partial charge on any atom is -0.394 e. The Bertz CT molecular complexity index is 329. The van der Waals surface area contributed by atoms with Crippen molar-refractivity contribution >= 4 is 11.5 Å². The van der Waals surface area contributed by atoms with Crippen LogP contribution >= 0.6 is 0 Å². The second kappa shape index (κ2) is 5.75. The molecular weight excluding hydrogens is 202 g/mol. The van der Waals surface area contributed by atoms with Gasteiger partial charge in [-0.3, -0.25) is 0 Å². The Kier molecular flexibility index (Phi) is 4.61. The first-order valence-electron chi connectivity index (χ1n) is 5.77. The monoisotopic (exact) mass is 225 g/mol. The molecule has 0 saturated carbocycles. The highest BCUT2D eigenvalue weighted by Crippen LogP contribution is 2.22. The van der Waals surface area contributed by atoms with Crippen LogP contribution in [-0.4, -0.2) is 41.9 Å². The maximum Gasteiger partial charge on any atom is 0.148 e. The number of nitrogen functional groups attached to an aromatic ring is 1. The molecule has 3 N–H and O–H groups in total. The third kappa shape index (κ3) is 3.13. The van der Waals surface area contributed by atoms with E-state index in [-0.39, 0.29) is 0 Å². The zero-order valence-corrected chi connectivity index (χ0v) is 10.7. The first kappa shape index (κ1) is 12.8. The van der Waals surface area contributed by atoms with E-state index in [0.717, 1.165) is 43.3 Å². The van der Waals surface area contributed by atoms with E-state index in [2.05, 4.69) is 36.3 Å². The van der Waals surface area contributed by atoms with Gasteiger partial charge in [0.05, 0.1) is 11.4 Å². The summed E-state index contributed by atoms with van der Waals surface area (Å²) in [6.45, 7) is 6.85. The molecule has 16 heavy (non-hydrogen) atoms. The third-order valence-corrected chi connectivity index (χ3v) is 2.46. The number of aryl methyl sites for hydroxylation is 2. The SMILES string of the molecule is CCCn1nc(C)c(N)c1NCCN(C)C. The normalized spacial score (nSPS) is 11.1. The second-order valence-corrected chi connectivity index (χ2v) is 4.30. The number of anilines is 2. The van der Waals surface area contributed by atoms with Gasteiger partial charge < -0.3 is 16.0 Å². The quantitative estimate of drug-likeness (QED) is 0.762. The Morgan fingerprint density at radius 3 is 2.69 bits per heavy atom. The van der Waals surface area contributed by atoms with Gasteiger partial charge in [-0.1, -0.05) is 6.92 Å². The molecule has 0 aromatic carbocycles. The van der Waals surface area contributed by atoms with Crippen molar-refractivity contribution in [1.82, 2.24) is 14.7 Å². The van der Waals surface area contributed by atoms with Crippen LogP contribution < -0.4 is 11.1 Å². The van der Waals surface area contributed by atoms with E-state index in [1.165, 1.54) is 0 Å². The minimum absolute atomic E-state index is 0.771. The van der Waals surface area contributed by atoms with Crippen molar-refractivity contribution in [1.29, 1.82) is 0 Å². The number of aromatic nitrogens is 2. The van der Waals surface area contributed by atoms with Gasteiger partial charge in [-0.25, -0.2) is 4.68 Å². The van der Waals surface area contributed by atoms with Crippen LogP contribution in [0.3, 0.4) is 0 Å². The van der Waals surface area contributed by atoms with E-state index in [1.54, 1.807) is 0 Å². The Labute approximate surface area is 97.6 Å². The lowest BCUT2D eigenvalue weighted by Gasteiger charge is -2.13. The van der Waals surface area contributed by atoms with Crippen molar-refractivity contribution in [2.45, 2.75) is 26.8 Å². The summed E-state index contributed by atoms with van der Waals surface area (Å²) in [5.41, 5.74) is 7.67. The van der Waals surface area contributed by atoms with Crippen LogP contribution in [0.25, 0.3) is 0 Å². The molecule has 1 heterocycles. The van der Waals surface area contributed by atoms with Crippen LogP contribution in [0.4, 0.5) is 11.5 Å². The fourth-order valence-corrected chi connectivity index (χ4v) is 1.55. The highest BCUT2D eigenvalue weighted by Gasteiger charge is 2.10. The molecule has 0 atom stereocenters. The summed E-state index contributed by atoms with van der Waals surface area (Å²) in [6.07, 6.45) is 1.06. The van der Waals surface area contributed by atoms with Crippen LogP contribution in [0.1, 0.15) is 19.0 Å². The van der Waals surface area contributed by atoms with Crippen molar-refractivity contribution in [3.05, 3.63) is 5.69 Å². The van der Waals surface area contributed by atoms with Crippen LogP contribution in [0.2, 0.25) is 0 Å². The number of hydrogen-bond acceptors (Lipinski definition) is 4. The summed E-state index contributed by atoms with van der Waals surface area (Å²) in [4.78, 5) is 2.14. The zero-order valence-electron chi connectivity index (χ0n) is 10.7. The molecule has 0 amide bonds. The first-order chi connectivity index (χ1) is 7.56. The van der Waals surface area contributed by atoms with E-state index < -0.39 is 0 Å². The third-order valence-electron chi connectivity index (χ3n) is 2.46. The molecule has 5 heteroatoms. The molecule has 0 bridgehead atoms. The average Bonchev–Trinajstić information content (AvgIpc) is 2.46. The minimum atomic E-state index is 0.771. The lowest BCUT2D eigenvalue weighted by atomic mass is 10.4. The van der Waals surface area contributed by atoms with E-state index in [1.807, 2.05) is 11.6 Å². The molecule has 0 unspecified atom stereocenters. The lowest BCUT2D eigenvalue weighted by Crippen LogP contribution is -2.22. The molecule has 1 aromatic rings. The van der Waals surface area contributed by atoms with Gasteiger partial charge in [0.1, 0.15) is 5.82 Å². The maximum absolute atomic E-state index is 5.99. The molecule has 0 spiro atoms. The van der Waals surface area contributed by atoms with E-state index in [0.29, 0.717) is 0 Å². The van der Waals surface area contributed by atoms with E-state index in [4.69, 9.17) is 5.73 Å². The van der Waals surface area contributed by atoms with Gasteiger partial charge in [-0.05, 0) is 27.4 Å². The topological polar surface area (TPSA) is 59.1 Å². The van der Waals surface area contributed by atoms with Gasteiger partial charge in [-0.15, -0.1) is 0 Å². The van der Waals surface area contributed by atoms with Crippen LogP contribution in [0.5, 0.6) is 0 Å². The molecule has 0 radical (unpaired) electrons. The smallest absolute Gasteiger partial charge is 0.148 e. The number of rotatable bonds is 6. The molecule has 92 valence electrons. The molecule has 1 rings (SSSR count). The van der Waals surface area contributed by atoms with Crippen molar-refractivity contribution in [3.8, 4) is 0 Å². The van der Waals surface area contributed by atoms with E-state index in [9.17, 15) is 0 Å². The van der Waals surface area contributed by atoms with Crippen LogP contribution in [-0.2, 0) is 6.54 Å². The first-order valence-corrected chi connectivity index (χ1v) is 5.77. The standard InChI is InChI=1S/C11H23N5/c1-5-7-16-11(10(12)9(2)14-16)13-6-8-15(3)4/h13H,5-8,12H2,1-4H3. The maximum atomic E-state index is 5.99. The summed E-state index contributed by atoms with van der Waals surface area (Å²) in [7, 11) is 4.11. The van der Waals surface area contributed by atoms with Crippen molar-refractivity contribution in [2.24, 2.45) is 0 Å². The summed E-state index contributed by atoms with van der Waals surface area (Å²) in [6, 6.07) is 0. The average molecular weight is 225 g/mol. The number of nitrogens with zero attached hydrogens (tertiary/aromatic N) is 3. The molecule has 0 aliphatic heterocycles. The van der Waals surface area contributed by atoms with Crippen molar-refractivity contribution in [2.75, 3.05) is 38.2 Å². The van der Waals surface area contributed by atoms with Crippen molar-refractivity contribution < 1.29 is 0 Å². The summed E-state index contributed by atoms with van der Waals surface area (Å²) in [5, 5.41) is 7.77. The summed E-state index contributed by atoms with van der Waals surface area (Å²) >= 11 is 0. The Morgan fingerprint density at radius 1 is 1.44 bits per heavy atom. The lowest BCUT2D eigenvalue weighted by molar-refractivity contribution is 0.424. The van der Waals surface area contributed by atoms with Gasteiger partial charge in [0.15, 0.2) is 0 Å². The van der Waals surface area contributed by atoms with Crippen LogP contribution in [0, 0.1) is 6.92 Å². The van der Waals surface area contributed by atoms with Crippen LogP contribution in [0.15, 0.2) is 0 Å². The Balaban J connectivity index is 2.68. The predicted molar refractivity (Wildman–Crippen MR) is 68.7 cm³/mol. The molecule has 5 nitrogen and oxygen atoms in total. The van der Waals surface area contributed by atoms with Gasteiger partial charge in [-0.2, -0.15) is 5.10 Å². The van der Waals surface area contributed by atoms with Gasteiger partial charge >= 0.3 is 0 Å². The summed E-state index contributed by atoms with van der Waals surface area (Å²) in [5.74, 6) is 0.959. The van der Waals surface area contributed by atoms with Gasteiger partial charge in [0.25, 0.3) is 0 Å². The highest BCUT2D eigenvalue weighted by atomic mass is 15.3. The Hall–Kier alpha value is -1.23. The van der Waals surface area contributed by atoms with Gasteiger partial charge in [0.2, 0.25) is 0 Å². The molecule has 0 aliphatic rings. The molecule has 0 saturated heterocycles. The highest BCUT2D eigenvalue weighted by molar-refractivity contribution is 5.64. The molecule has 1 aromatic heterocycles. The molecule has 0 fully saturated rings. The summed E-state index contributed by atoms with van der Waals surface area (Å²) < 4.78 is 1.96. The number of nitrogens with two attached hydrogens (primary N) is 1. The second-order valence-electron chi connectivity index (χ2n) is 4.30. The van der Waals surface area contributed by atoms with Crippen molar-refractivity contribution in [3.63, 3.8) is 0 Å². The number of likely N-dealkylation sites (N-methyl/N-ethyl adjacent to an activating group) is 1. The fraction of sp³-hybridized carbons (Fsp3) is 0.727. The molecule has 0 aliphatic carbocycles. The van der Waals surface area contributed by atoms with E-state index >= 15 is 0 Å². The number of hydrogen-bond donors (Lipinski definition) is 2. The largest absolute Gasteiger partial charge is 0.394 e. The molecular formula is C11H23N5. The number of nitrogens with one attached hydrogen (secondary N) is 1. The Morgan fingerprint density at radius 2 is 2.12 bits per heavy atom. The fourth-order valence-electron chi connectivity index (χ4n) is 1.55. The zero-order chi connectivity index (χ0) is 12.1.